The average Bonchev–Trinajstić information content (AvgIpc) is 2.25. The number of carbonyl (C=O) groups excluding carboxylic acids is 2. The molecule has 0 spiro atoms. The van der Waals surface area contributed by atoms with E-state index in [4.69, 9.17) is 11.6 Å². The molecular weight excluding hydrogens is 240 g/mol. The van der Waals surface area contributed by atoms with Gasteiger partial charge in [0.05, 0.1) is 0 Å². The van der Waals surface area contributed by atoms with Crippen LogP contribution in [0.2, 0.25) is 5.02 Å². The highest BCUT2D eigenvalue weighted by Gasteiger charge is 2.19. The summed E-state index contributed by atoms with van der Waals surface area (Å²) in [6.07, 6.45) is 0. The van der Waals surface area contributed by atoms with Crippen molar-refractivity contribution in [2.45, 2.75) is 20.8 Å². The predicted molar refractivity (Wildman–Crippen MR) is 67.1 cm³/mol. The highest BCUT2D eigenvalue weighted by atomic mass is 35.5. The van der Waals surface area contributed by atoms with Crippen LogP contribution in [0.1, 0.15) is 31.1 Å². The molecule has 0 saturated heterocycles. The van der Waals surface area contributed by atoms with Gasteiger partial charge >= 0.3 is 0 Å². The van der Waals surface area contributed by atoms with Crippen LogP contribution in [0.3, 0.4) is 0 Å². The molecule has 0 N–H and O–H groups in total. The van der Waals surface area contributed by atoms with E-state index in [0.717, 1.165) is 5.01 Å². The van der Waals surface area contributed by atoms with Crippen LogP contribution < -0.4 is 0 Å². The van der Waals surface area contributed by atoms with E-state index in [1.807, 2.05) is 0 Å². The van der Waals surface area contributed by atoms with Crippen LogP contribution in [-0.2, 0) is 4.79 Å². The van der Waals surface area contributed by atoms with E-state index in [1.54, 1.807) is 38.1 Å². The molecule has 0 radical (unpaired) electrons. The summed E-state index contributed by atoms with van der Waals surface area (Å²) in [5.41, 5.74) is 0.997. The minimum Gasteiger partial charge on any atom is -0.273 e. The number of amides is 2. The van der Waals surface area contributed by atoms with Gasteiger partial charge in [-0.05, 0) is 38.1 Å². The van der Waals surface area contributed by atoms with E-state index in [9.17, 15) is 9.59 Å². The monoisotopic (exact) mass is 252 g/mol. The Balaban J connectivity index is 3.04. The summed E-state index contributed by atoms with van der Waals surface area (Å²) in [6.45, 7) is 4.72. The van der Waals surface area contributed by atoms with Crippen LogP contribution in [0, 0.1) is 0 Å². The summed E-state index contributed by atoms with van der Waals surface area (Å²) in [4.78, 5) is 23.3. The molecule has 17 heavy (non-hydrogen) atoms. The lowest BCUT2D eigenvalue weighted by molar-refractivity contribution is -0.126. The fraction of sp³-hybridized carbons (Fsp3) is 0.250. The summed E-state index contributed by atoms with van der Waals surface area (Å²) < 4.78 is 0. The standard InChI is InChI=1S/C12H13ClN2O2/c1-8(2)14-15(9(3)16)12(17)10-4-6-11(13)7-5-10/h4-7H,1-3H3. The van der Waals surface area contributed by atoms with Crippen molar-refractivity contribution < 1.29 is 9.59 Å². The maximum Gasteiger partial charge on any atom is 0.281 e. The zero-order chi connectivity index (χ0) is 13.0. The summed E-state index contributed by atoms with van der Waals surface area (Å²) >= 11 is 5.72. The second-order valence-corrected chi connectivity index (χ2v) is 4.13. The molecule has 90 valence electrons. The maximum atomic E-state index is 12.0. The molecular formula is C12H13ClN2O2. The Hall–Kier alpha value is -1.68. The number of rotatable bonds is 2. The van der Waals surface area contributed by atoms with E-state index < -0.39 is 11.8 Å². The summed E-state index contributed by atoms with van der Waals surface area (Å²) in [7, 11) is 0. The van der Waals surface area contributed by atoms with Gasteiger partial charge in [-0.3, -0.25) is 9.59 Å². The van der Waals surface area contributed by atoms with Gasteiger partial charge in [-0.1, -0.05) is 11.6 Å². The Morgan fingerprint density at radius 1 is 1.12 bits per heavy atom. The van der Waals surface area contributed by atoms with Crippen molar-refractivity contribution in [1.82, 2.24) is 5.01 Å². The highest BCUT2D eigenvalue weighted by molar-refractivity contribution is 6.30. The molecule has 0 bridgehead atoms. The third-order valence-corrected chi connectivity index (χ3v) is 2.13. The summed E-state index contributed by atoms with van der Waals surface area (Å²) in [5.74, 6) is -0.887. The Morgan fingerprint density at radius 3 is 2.06 bits per heavy atom. The Morgan fingerprint density at radius 2 is 1.65 bits per heavy atom. The fourth-order valence-electron chi connectivity index (χ4n) is 1.17. The van der Waals surface area contributed by atoms with Crippen LogP contribution in [0.25, 0.3) is 0 Å². The number of benzene rings is 1. The lowest BCUT2D eigenvalue weighted by Gasteiger charge is -2.13. The molecule has 5 heteroatoms. The molecule has 1 aromatic carbocycles. The zero-order valence-electron chi connectivity index (χ0n) is 9.90. The van der Waals surface area contributed by atoms with Crippen molar-refractivity contribution in [2.75, 3.05) is 0 Å². The molecule has 0 saturated carbocycles. The van der Waals surface area contributed by atoms with Crippen molar-refractivity contribution in [3.63, 3.8) is 0 Å². The van der Waals surface area contributed by atoms with Gasteiger partial charge in [0, 0.05) is 23.2 Å². The second kappa shape index (κ2) is 5.59. The maximum absolute atomic E-state index is 12.0. The van der Waals surface area contributed by atoms with Gasteiger partial charge in [-0.25, -0.2) is 0 Å². The molecule has 0 atom stereocenters. The van der Waals surface area contributed by atoms with Crippen LogP contribution in [0.5, 0.6) is 0 Å². The van der Waals surface area contributed by atoms with Gasteiger partial charge in [0.1, 0.15) is 0 Å². The highest BCUT2D eigenvalue weighted by Crippen LogP contribution is 2.12. The smallest absolute Gasteiger partial charge is 0.273 e. The number of imide groups is 1. The first-order chi connectivity index (χ1) is 7.91. The largest absolute Gasteiger partial charge is 0.281 e. The van der Waals surface area contributed by atoms with Crippen molar-refractivity contribution in [3.8, 4) is 0 Å². The quantitative estimate of drug-likeness (QED) is 0.600. The number of carbonyl (C=O) groups is 2. The van der Waals surface area contributed by atoms with Gasteiger partial charge in [0.15, 0.2) is 0 Å². The third kappa shape index (κ3) is 3.67. The second-order valence-electron chi connectivity index (χ2n) is 3.69. The molecule has 0 aromatic heterocycles. The predicted octanol–water partition coefficient (Wildman–Crippen LogP) is 2.72. The van der Waals surface area contributed by atoms with Crippen LogP contribution >= 0.6 is 11.6 Å². The molecule has 4 nitrogen and oxygen atoms in total. The van der Waals surface area contributed by atoms with Crippen LogP contribution in [0.4, 0.5) is 0 Å². The van der Waals surface area contributed by atoms with Crippen molar-refractivity contribution in [3.05, 3.63) is 34.9 Å². The van der Waals surface area contributed by atoms with Crippen molar-refractivity contribution >= 4 is 29.1 Å². The molecule has 0 aliphatic rings. The molecule has 1 aromatic rings. The molecule has 0 unspecified atom stereocenters. The van der Waals surface area contributed by atoms with Gasteiger partial charge in [-0.2, -0.15) is 10.1 Å². The van der Waals surface area contributed by atoms with E-state index in [0.29, 0.717) is 16.3 Å². The summed E-state index contributed by atoms with van der Waals surface area (Å²) in [5, 5.41) is 5.27. The number of nitrogens with zero attached hydrogens (tertiary/aromatic N) is 2. The Bertz CT molecular complexity index is 462. The number of hydrogen-bond acceptors (Lipinski definition) is 3. The third-order valence-electron chi connectivity index (χ3n) is 1.88. The minimum atomic E-state index is -0.463. The van der Waals surface area contributed by atoms with E-state index in [-0.39, 0.29) is 0 Å². The normalized spacial score (nSPS) is 9.65. The van der Waals surface area contributed by atoms with Gasteiger partial charge in [0.2, 0.25) is 5.91 Å². The van der Waals surface area contributed by atoms with E-state index >= 15 is 0 Å². The van der Waals surface area contributed by atoms with Gasteiger partial charge in [0.25, 0.3) is 5.91 Å². The van der Waals surface area contributed by atoms with Gasteiger partial charge in [-0.15, -0.1) is 0 Å². The Kier molecular flexibility index (Phi) is 4.40. The van der Waals surface area contributed by atoms with E-state index in [2.05, 4.69) is 5.10 Å². The van der Waals surface area contributed by atoms with Crippen LogP contribution in [-0.4, -0.2) is 22.5 Å². The molecule has 0 aliphatic heterocycles. The van der Waals surface area contributed by atoms with Crippen LogP contribution in [0.15, 0.2) is 29.4 Å². The summed E-state index contributed by atoms with van der Waals surface area (Å²) in [6, 6.07) is 6.30. The lowest BCUT2D eigenvalue weighted by atomic mass is 10.2. The molecule has 2 amide bonds. The SMILES string of the molecule is CC(=O)N(N=C(C)C)C(=O)c1ccc(Cl)cc1. The first-order valence-corrected chi connectivity index (χ1v) is 5.42. The Labute approximate surface area is 105 Å². The number of halogens is 1. The lowest BCUT2D eigenvalue weighted by Crippen LogP contribution is -2.31. The molecule has 1 rings (SSSR count). The minimum absolute atomic E-state index is 0.370. The molecule has 0 heterocycles. The van der Waals surface area contributed by atoms with Gasteiger partial charge < -0.3 is 0 Å². The topological polar surface area (TPSA) is 49.7 Å². The first-order valence-electron chi connectivity index (χ1n) is 5.04. The number of hydrogen-bond donors (Lipinski definition) is 0. The fourth-order valence-corrected chi connectivity index (χ4v) is 1.30. The molecule has 0 aliphatic carbocycles. The average molecular weight is 253 g/mol. The van der Waals surface area contributed by atoms with Crippen molar-refractivity contribution in [1.29, 1.82) is 0 Å². The van der Waals surface area contributed by atoms with Crippen molar-refractivity contribution in [2.24, 2.45) is 5.10 Å². The zero-order valence-corrected chi connectivity index (χ0v) is 10.7. The first kappa shape index (κ1) is 13.4. The molecule has 0 fully saturated rings. The number of hydrazone groups is 1. The van der Waals surface area contributed by atoms with E-state index in [1.165, 1.54) is 6.92 Å².